The quantitative estimate of drug-likeness (QED) is 0.440. The maximum absolute atomic E-state index is 13.5. The molecule has 2 aromatic rings. The fourth-order valence-corrected chi connectivity index (χ4v) is 2.54. The van der Waals surface area contributed by atoms with Gasteiger partial charge in [-0.1, -0.05) is 17.9 Å². The second kappa shape index (κ2) is 12.1. The molecule has 0 saturated carbocycles. The predicted molar refractivity (Wildman–Crippen MR) is 110 cm³/mol. The summed E-state index contributed by atoms with van der Waals surface area (Å²) < 4.78 is 48.2. The summed E-state index contributed by atoms with van der Waals surface area (Å²) >= 11 is 0. The zero-order chi connectivity index (χ0) is 22.6. The summed E-state index contributed by atoms with van der Waals surface area (Å²) in [4.78, 5) is 12.5. The Morgan fingerprint density at radius 2 is 1.81 bits per heavy atom. The number of nitrogens with one attached hydrogen (secondary N) is 1. The van der Waals surface area contributed by atoms with Gasteiger partial charge in [0.2, 0.25) is 0 Å². The Morgan fingerprint density at radius 3 is 2.48 bits per heavy atom. The van der Waals surface area contributed by atoms with E-state index in [1.807, 2.05) is 0 Å². The van der Waals surface area contributed by atoms with Crippen molar-refractivity contribution in [3.8, 4) is 41.9 Å². The van der Waals surface area contributed by atoms with Crippen molar-refractivity contribution in [1.82, 2.24) is 5.32 Å². The third-order valence-electron chi connectivity index (χ3n) is 3.93. The zero-order valence-corrected chi connectivity index (χ0v) is 16.8. The van der Waals surface area contributed by atoms with Crippen LogP contribution in [0.4, 0.5) is 8.78 Å². The number of carbonyl (C=O) groups excluding carboxylic acids is 1. The number of ether oxygens (including phenoxy) is 4. The lowest BCUT2D eigenvalue weighted by Gasteiger charge is -2.17. The standard InChI is InChI=1S/C23H21F2NO5/c1-4-11-30-20-9-7-17(15-21(20)28-3)29-13-10-26-23(27)22(31-12-5-2)16-6-8-18(24)19(25)14-16/h1-2,6-9,14-15,22H,10-13H2,3H3,(H,26,27). The fraction of sp³-hybridized carbons (Fsp3) is 0.261. The molecule has 0 fully saturated rings. The van der Waals surface area contributed by atoms with Gasteiger partial charge in [-0.3, -0.25) is 4.79 Å². The predicted octanol–water partition coefficient (Wildman–Crippen LogP) is 2.87. The first kappa shape index (κ1) is 23.5. The van der Waals surface area contributed by atoms with Crippen LogP contribution in [0.5, 0.6) is 17.2 Å². The molecule has 162 valence electrons. The summed E-state index contributed by atoms with van der Waals surface area (Å²) in [5, 5.41) is 2.61. The number of hydrogen-bond donors (Lipinski definition) is 1. The van der Waals surface area contributed by atoms with E-state index in [9.17, 15) is 13.6 Å². The molecule has 6 nitrogen and oxygen atoms in total. The normalized spacial score (nSPS) is 11.0. The summed E-state index contributed by atoms with van der Waals surface area (Å²) in [7, 11) is 1.48. The minimum atomic E-state index is -1.20. The molecular formula is C23H21F2NO5. The van der Waals surface area contributed by atoms with Crippen LogP contribution in [0.15, 0.2) is 36.4 Å². The summed E-state index contributed by atoms with van der Waals surface area (Å²) in [6, 6.07) is 7.99. The topological polar surface area (TPSA) is 66.0 Å². The van der Waals surface area contributed by atoms with Gasteiger partial charge in [-0.2, -0.15) is 0 Å². The van der Waals surface area contributed by atoms with E-state index in [4.69, 9.17) is 31.8 Å². The third-order valence-corrected chi connectivity index (χ3v) is 3.93. The number of terminal acetylenes is 2. The van der Waals surface area contributed by atoms with Crippen LogP contribution >= 0.6 is 0 Å². The van der Waals surface area contributed by atoms with Crippen LogP contribution in [0.3, 0.4) is 0 Å². The Kier molecular flexibility index (Phi) is 9.15. The molecule has 31 heavy (non-hydrogen) atoms. The van der Waals surface area contributed by atoms with Crippen LogP contribution in [0.1, 0.15) is 11.7 Å². The fourth-order valence-electron chi connectivity index (χ4n) is 2.54. The molecule has 2 rings (SSSR count). The van der Waals surface area contributed by atoms with Gasteiger partial charge in [0, 0.05) is 6.07 Å². The molecule has 0 aliphatic rings. The largest absolute Gasteiger partial charge is 0.493 e. The highest BCUT2D eigenvalue weighted by atomic mass is 19.2. The van der Waals surface area contributed by atoms with Gasteiger partial charge in [-0.15, -0.1) is 12.8 Å². The average molecular weight is 429 g/mol. The number of hydrogen-bond acceptors (Lipinski definition) is 5. The van der Waals surface area contributed by atoms with Crippen LogP contribution < -0.4 is 19.5 Å². The lowest BCUT2D eigenvalue weighted by molar-refractivity contribution is -0.132. The van der Waals surface area contributed by atoms with E-state index in [2.05, 4.69) is 17.2 Å². The molecule has 2 aromatic carbocycles. The number of rotatable bonds is 11. The number of amides is 1. The molecule has 0 spiro atoms. The van der Waals surface area contributed by atoms with E-state index in [0.29, 0.717) is 17.2 Å². The molecule has 1 amide bonds. The molecule has 0 aliphatic carbocycles. The molecule has 1 N–H and O–H groups in total. The van der Waals surface area contributed by atoms with Gasteiger partial charge >= 0.3 is 0 Å². The van der Waals surface area contributed by atoms with Gasteiger partial charge in [0.05, 0.1) is 13.7 Å². The van der Waals surface area contributed by atoms with Crippen LogP contribution in [0, 0.1) is 36.3 Å². The van der Waals surface area contributed by atoms with Crippen molar-refractivity contribution in [3.05, 3.63) is 53.6 Å². The first-order valence-corrected chi connectivity index (χ1v) is 9.15. The Bertz CT molecular complexity index is 981. The molecule has 0 aliphatic heterocycles. The van der Waals surface area contributed by atoms with E-state index >= 15 is 0 Å². The van der Waals surface area contributed by atoms with Crippen molar-refractivity contribution in [1.29, 1.82) is 0 Å². The van der Waals surface area contributed by atoms with Crippen molar-refractivity contribution in [2.75, 3.05) is 33.5 Å². The number of halogens is 2. The van der Waals surface area contributed by atoms with Crippen LogP contribution in [0.25, 0.3) is 0 Å². The first-order chi connectivity index (χ1) is 15.0. The van der Waals surface area contributed by atoms with Gasteiger partial charge in [-0.25, -0.2) is 8.78 Å². The first-order valence-electron chi connectivity index (χ1n) is 9.15. The highest BCUT2D eigenvalue weighted by Gasteiger charge is 2.22. The Balaban J connectivity index is 1.93. The molecule has 0 bridgehead atoms. The molecule has 0 radical (unpaired) electrons. The summed E-state index contributed by atoms with van der Waals surface area (Å²) in [5.74, 6) is 3.32. The maximum atomic E-state index is 13.5. The summed E-state index contributed by atoms with van der Waals surface area (Å²) in [6.45, 7) is 0.167. The number of benzene rings is 2. The van der Waals surface area contributed by atoms with E-state index in [-0.39, 0.29) is 31.9 Å². The summed E-state index contributed by atoms with van der Waals surface area (Å²) in [6.07, 6.45) is 9.14. The van der Waals surface area contributed by atoms with Crippen molar-refractivity contribution in [2.24, 2.45) is 0 Å². The Morgan fingerprint density at radius 1 is 1.03 bits per heavy atom. The molecular weight excluding hydrogens is 408 g/mol. The molecule has 0 aromatic heterocycles. The third kappa shape index (κ3) is 6.91. The second-order valence-corrected chi connectivity index (χ2v) is 6.01. The Labute approximate surface area is 179 Å². The highest BCUT2D eigenvalue weighted by Crippen LogP contribution is 2.31. The van der Waals surface area contributed by atoms with Crippen LogP contribution in [-0.4, -0.2) is 39.4 Å². The van der Waals surface area contributed by atoms with Crippen molar-refractivity contribution in [2.45, 2.75) is 6.10 Å². The summed E-state index contributed by atoms with van der Waals surface area (Å²) in [5.41, 5.74) is 0.139. The SMILES string of the molecule is C#CCOc1ccc(OCCNC(=O)C(OCC#C)c2ccc(F)c(F)c2)cc1OC. The number of methoxy groups -OCH3 is 1. The second-order valence-electron chi connectivity index (χ2n) is 6.01. The lowest BCUT2D eigenvalue weighted by Crippen LogP contribution is -2.34. The van der Waals surface area contributed by atoms with Gasteiger partial charge in [0.25, 0.3) is 5.91 Å². The smallest absolute Gasteiger partial charge is 0.253 e. The van der Waals surface area contributed by atoms with E-state index in [0.717, 1.165) is 12.1 Å². The van der Waals surface area contributed by atoms with E-state index in [1.54, 1.807) is 18.2 Å². The van der Waals surface area contributed by atoms with E-state index < -0.39 is 23.6 Å². The molecule has 0 saturated heterocycles. The van der Waals surface area contributed by atoms with Gasteiger partial charge in [0.15, 0.2) is 29.2 Å². The van der Waals surface area contributed by atoms with Gasteiger partial charge in [0.1, 0.15) is 25.6 Å². The van der Waals surface area contributed by atoms with Crippen molar-refractivity contribution in [3.63, 3.8) is 0 Å². The van der Waals surface area contributed by atoms with Crippen LogP contribution in [0.2, 0.25) is 0 Å². The monoisotopic (exact) mass is 429 g/mol. The minimum absolute atomic E-state index is 0.101. The highest BCUT2D eigenvalue weighted by molar-refractivity contribution is 5.82. The van der Waals surface area contributed by atoms with Crippen molar-refractivity contribution < 1.29 is 32.5 Å². The zero-order valence-electron chi connectivity index (χ0n) is 16.8. The van der Waals surface area contributed by atoms with Gasteiger partial charge in [-0.05, 0) is 29.8 Å². The lowest BCUT2D eigenvalue weighted by atomic mass is 10.1. The van der Waals surface area contributed by atoms with Gasteiger partial charge < -0.3 is 24.3 Å². The van der Waals surface area contributed by atoms with Crippen LogP contribution in [-0.2, 0) is 9.53 Å². The molecule has 1 unspecified atom stereocenters. The Hall–Kier alpha value is -3.75. The van der Waals surface area contributed by atoms with Crippen molar-refractivity contribution >= 4 is 5.91 Å². The van der Waals surface area contributed by atoms with E-state index in [1.165, 1.54) is 13.2 Å². The molecule has 1 atom stereocenters. The average Bonchev–Trinajstić information content (AvgIpc) is 2.78. The number of carbonyl (C=O) groups is 1. The molecule has 8 heteroatoms. The molecule has 0 heterocycles. The maximum Gasteiger partial charge on any atom is 0.253 e. The minimum Gasteiger partial charge on any atom is -0.493 e.